The van der Waals surface area contributed by atoms with Crippen molar-refractivity contribution in [1.82, 2.24) is 9.71 Å². The molecule has 2 heterocycles. The summed E-state index contributed by atoms with van der Waals surface area (Å²) in [5, 5.41) is 8.55. The number of hydrogen-bond acceptors (Lipinski definition) is 5. The van der Waals surface area contributed by atoms with Gasteiger partial charge in [-0.05, 0) is 24.3 Å². The van der Waals surface area contributed by atoms with Gasteiger partial charge in [0.1, 0.15) is 0 Å². The van der Waals surface area contributed by atoms with Gasteiger partial charge in [0.25, 0.3) is 10.0 Å². The normalized spacial score (nSPS) is 19.9. The van der Waals surface area contributed by atoms with Gasteiger partial charge in [-0.3, -0.25) is 0 Å². The zero-order valence-electron chi connectivity index (χ0n) is 9.37. The van der Waals surface area contributed by atoms with Crippen LogP contribution in [0.2, 0.25) is 0 Å². The zero-order valence-corrected chi connectivity index (χ0v) is 11.0. The van der Waals surface area contributed by atoms with Gasteiger partial charge < -0.3 is 5.11 Å². The van der Waals surface area contributed by atoms with E-state index in [9.17, 15) is 13.2 Å². The van der Waals surface area contributed by atoms with E-state index >= 15 is 0 Å². The van der Waals surface area contributed by atoms with Gasteiger partial charge in [0.2, 0.25) is 0 Å². The summed E-state index contributed by atoms with van der Waals surface area (Å²) in [7, 11) is -3.65. The summed E-state index contributed by atoms with van der Waals surface area (Å²) in [5.74, 6) is 0.567. The molecule has 0 bridgehead atoms. The van der Waals surface area contributed by atoms with Crippen LogP contribution in [-0.2, 0) is 10.0 Å². The first-order chi connectivity index (χ1) is 8.49. The van der Waals surface area contributed by atoms with Crippen molar-refractivity contribution in [3.05, 3.63) is 23.9 Å². The molecular weight excluding hydrogens is 276 g/mol. The Labute approximate surface area is 109 Å². The van der Waals surface area contributed by atoms with Crippen LogP contribution in [0.3, 0.4) is 0 Å². The van der Waals surface area contributed by atoms with Crippen molar-refractivity contribution in [2.75, 3.05) is 11.5 Å². The molecule has 1 fully saturated rings. The van der Waals surface area contributed by atoms with E-state index < -0.39 is 16.0 Å². The van der Waals surface area contributed by atoms with Crippen molar-refractivity contribution < 1.29 is 18.3 Å². The maximum atomic E-state index is 11.9. The molecule has 0 saturated carbocycles. The maximum absolute atomic E-state index is 11.9. The third-order valence-corrected chi connectivity index (χ3v) is 5.11. The number of nitrogens with one attached hydrogen (secondary N) is 1. The second-order valence-electron chi connectivity index (χ2n) is 3.87. The van der Waals surface area contributed by atoms with Gasteiger partial charge in [0.15, 0.2) is 5.03 Å². The molecule has 1 aromatic rings. The minimum absolute atomic E-state index is 0.0367. The quantitative estimate of drug-likeness (QED) is 0.840. The number of aromatic nitrogens is 1. The van der Waals surface area contributed by atoms with Crippen molar-refractivity contribution in [1.29, 1.82) is 0 Å². The van der Waals surface area contributed by atoms with E-state index in [-0.39, 0.29) is 16.6 Å². The summed E-state index contributed by atoms with van der Waals surface area (Å²) in [6.45, 7) is 0. The molecular formula is C10H12N2O4S2. The highest BCUT2D eigenvalue weighted by atomic mass is 32.2. The number of carboxylic acids is 1. The van der Waals surface area contributed by atoms with Gasteiger partial charge >= 0.3 is 5.97 Å². The van der Waals surface area contributed by atoms with Gasteiger partial charge in [0.05, 0.1) is 5.56 Å². The molecule has 0 aromatic carbocycles. The standard InChI is InChI=1S/C10H12N2O4S2/c13-10(14)7-1-2-9(11-5-7)18(15,16)12-8-3-4-17-6-8/h1-2,5,8,12H,3-4,6H2,(H,13,14). The Morgan fingerprint density at radius 1 is 1.50 bits per heavy atom. The SMILES string of the molecule is O=C(O)c1ccc(S(=O)(=O)NC2CCSC2)nc1. The average Bonchev–Trinajstić information content (AvgIpc) is 2.81. The number of carbonyl (C=O) groups is 1. The lowest BCUT2D eigenvalue weighted by atomic mass is 10.3. The lowest BCUT2D eigenvalue weighted by Crippen LogP contribution is -2.35. The van der Waals surface area contributed by atoms with E-state index in [4.69, 9.17) is 5.11 Å². The molecule has 1 aromatic heterocycles. The van der Waals surface area contributed by atoms with Crippen LogP contribution in [0.5, 0.6) is 0 Å². The molecule has 18 heavy (non-hydrogen) atoms. The van der Waals surface area contributed by atoms with Gasteiger partial charge in [-0.15, -0.1) is 0 Å². The number of sulfonamides is 1. The molecule has 0 radical (unpaired) electrons. The van der Waals surface area contributed by atoms with Crippen LogP contribution in [-0.4, -0.2) is 42.0 Å². The summed E-state index contributed by atoms with van der Waals surface area (Å²) >= 11 is 1.70. The van der Waals surface area contributed by atoms with Gasteiger partial charge in [-0.25, -0.2) is 22.9 Å². The molecule has 2 rings (SSSR count). The largest absolute Gasteiger partial charge is 0.478 e. The monoisotopic (exact) mass is 288 g/mol. The summed E-state index contributed by atoms with van der Waals surface area (Å²) in [5.41, 5.74) is -0.0367. The Morgan fingerprint density at radius 3 is 2.78 bits per heavy atom. The van der Waals surface area contributed by atoms with E-state index in [1.807, 2.05) is 0 Å². The van der Waals surface area contributed by atoms with Crippen molar-refractivity contribution in [3.63, 3.8) is 0 Å². The molecule has 1 unspecified atom stereocenters. The van der Waals surface area contributed by atoms with E-state index in [0.29, 0.717) is 0 Å². The molecule has 8 heteroatoms. The fourth-order valence-corrected chi connectivity index (χ4v) is 4.03. The smallest absolute Gasteiger partial charge is 0.337 e. The molecule has 1 aliphatic heterocycles. The number of pyridine rings is 1. The predicted octanol–water partition coefficient (Wildman–Crippen LogP) is 0.564. The van der Waals surface area contributed by atoms with Crippen molar-refractivity contribution >= 4 is 27.8 Å². The highest BCUT2D eigenvalue weighted by Crippen LogP contribution is 2.19. The van der Waals surface area contributed by atoms with Crippen LogP contribution in [0, 0.1) is 0 Å². The Balaban J connectivity index is 2.16. The van der Waals surface area contributed by atoms with Gasteiger partial charge in [-0.2, -0.15) is 11.8 Å². The van der Waals surface area contributed by atoms with Gasteiger partial charge in [-0.1, -0.05) is 0 Å². The molecule has 1 atom stereocenters. The number of carboxylic acid groups (broad SMARTS) is 1. The Bertz CT molecular complexity index is 536. The molecule has 1 saturated heterocycles. The predicted molar refractivity (Wildman–Crippen MR) is 67.2 cm³/mol. The zero-order chi connectivity index (χ0) is 13.2. The molecule has 6 nitrogen and oxygen atoms in total. The Hall–Kier alpha value is -1.12. The summed E-state index contributed by atoms with van der Waals surface area (Å²) < 4.78 is 26.4. The summed E-state index contributed by atoms with van der Waals surface area (Å²) in [4.78, 5) is 14.3. The third kappa shape index (κ3) is 3.01. The second-order valence-corrected chi connectivity index (χ2v) is 6.68. The highest BCUT2D eigenvalue weighted by molar-refractivity contribution is 7.99. The van der Waals surface area contributed by atoms with Crippen LogP contribution in [0.25, 0.3) is 0 Å². The third-order valence-electron chi connectivity index (χ3n) is 2.51. The molecule has 2 N–H and O–H groups in total. The van der Waals surface area contributed by atoms with Crippen LogP contribution < -0.4 is 4.72 Å². The number of nitrogens with zero attached hydrogens (tertiary/aromatic N) is 1. The number of aromatic carboxylic acids is 1. The first-order valence-electron chi connectivity index (χ1n) is 5.28. The molecule has 0 amide bonds. The Morgan fingerprint density at radius 2 is 2.28 bits per heavy atom. The van der Waals surface area contributed by atoms with Crippen molar-refractivity contribution in [2.24, 2.45) is 0 Å². The number of rotatable bonds is 4. The molecule has 0 aliphatic carbocycles. The van der Waals surface area contributed by atoms with Gasteiger partial charge in [0, 0.05) is 18.0 Å². The maximum Gasteiger partial charge on any atom is 0.337 e. The summed E-state index contributed by atoms with van der Waals surface area (Å²) in [6, 6.07) is 2.36. The molecule has 0 spiro atoms. The molecule has 1 aliphatic rings. The van der Waals surface area contributed by atoms with E-state index in [2.05, 4.69) is 9.71 Å². The lowest BCUT2D eigenvalue weighted by molar-refractivity contribution is 0.0696. The van der Waals surface area contributed by atoms with Crippen LogP contribution >= 0.6 is 11.8 Å². The minimum Gasteiger partial charge on any atom is -0.478 e. The number of hydrogen-bond donors (Lipinski definition) is 2. The summed E-state index contributed by atoms with van der Waals surface area (Å²) in [6.07, 6.45) is 1.84. The van der Waals surface area contributed by atoms with Crippen LogP contribution in [0.4, 0.5) is 0 Å². The first kappa shape index (κ1) is 13.3. The van der Waals surface area contributed by atoms with E-state index in [1.54, 1.807) is 11.8 Å². The fourth-order valence-electron chi connectivity index (χ4n) is 1.57. The van der Waals surface area contributed by atoms with E-state index in [0.717, 1.165) is 24.1 Å². The van der Waals surface area contributed by atoms with Crippen molar-refractivity contribution in [2.45, 2.75) is 17.5 Å². The first-order valence-corrected chi connectivity index (χ1v) is 7.92. The van der Waals surface area contributed by atoms with E-state index in [1.165, 1.54) is 12.1 Å². The Kier molecular flexibility index (Phi) is 3.88. The van der Waals surface area contributed by atoms with Crippen molar-refractivity contribution in [3.8, 4) is 0 Å². The topological polar surface area (TPSA) is 96.4 Å². The lowest BCUT2D eigenvalue weighted by Gasteiger charge is -2.11. The average molecular weight is 288 g/mol. The van der Waals surface area contributed by atoms with Crippen LogP contribution in [0.1, 0.15) is 16.8 Å². The fraction of sp³-hybridized carbons (Fsp3) is 0.400. The number of thioether (sulfide) groups is 1. The van der Waals surface area contributed by atoms with Crippen LogP contribution in [0.15, 0.2) is 23.4 Å². The molecule has 98 valence electrons. The highest BCUT2D eigenvalue weighted by Gasteiger charge is 2.24. The minimum atomic E-state index is -3.65. The second kappa shape index (κ2) is 5.25.